The van der Waals surface area contributed by atoms with Crippen molar-refractivity contribution in [2.24, 2.45) is 0 Å². The van der Waals surface area contributed by atoms with E-state index in [9.17, 15) is 0 Å². The molecule has 0 atom stereocenters. The van der Waals surface area contributed by atoms with Crippen molar-refractivity contribution < 1.29 is 95.7 Å². The topological polar surface area (TPSA) is 190 Å². The Labute approximate surface area is 114 Å². The van der Waals surface area contributed by atoms with E-state index in [4.69, 9.17) is 45.0 Å². The molecule has 91 valence electrons. The number of hydrogen-bond donors (Lipinski definition) is 0. The number of rotatable bonds is 0. The van der Waals surface area contributed by atoms with E-state index in [2.05, 4.69) is 0 Å². The van der Waals surface area contributed by atoms with Gasteiger partial charge in [0.1, 0.15) is 0 Å². The standard InChI is InChI=1S/3CH2O3.Fe.Mn.Ni/c3*2-1(3)4;;;/h3*(H2,2,3,4);;;/q;;;3*+2/p-6. The third kappa shape index (κ3) is 3970. The maximum Gasteiger partial charge on any atom is 2.00 e. The molecule has 0 unspecified atom stereocenters. The summed E-state index contributed by atoms with van der Waals surface area (Å²) in [5.74, 6) is 0. The second kappa shape index (κ2) is 29.2. The van der Waals surface area contributed by atoms with Crippen molar-refractivity contribution in [3.63, 3.8) is 0 Å². The minimum absolute atomic E-state index is 0. The van der Waals surface area contributed by atoms with Gasteiger partial charge in [-0.2, -0.15) is 0 Å². The van der Waals surface area contributed by atoms with Gasteiger partial charge in [0.2, 0.25) is 0 Å². The van der Waals surface area contributed by atoms with Crippen molar-refractivity contribution >= 4 is 18.5 Å². The molecule has 0 saturated carbocycles. The predicted octanol–water partition coefficient (Wildman–Crippen LogP) is -7.35. The van der Waals surface area contributed by atoms with Crippen LogP contribution in [-0.2, 0) is 50.6 Å². The molecule has 0 fully saturated rings. The van der Waals surface area contributed by atoms with Gasteiger partial charge in [-0.05, 0) is 18.5 Å². The molecule has 0 aliphatic carbocycles. The first-order valence-electron chi connectivity index (χ1n) is 1.84. The monoisotopic (exact) mass is 349 g/mol. The van der Waals surface area contributed by atoms with Crippen LogP contribution in [0.1, 0.15) is 0 Å². The van der Waals surface area contributed by atoms with Crippen LogP contribution in [0.25, 0.3) is 0 Å². The van der Waals surface area contributed by atoms with Gasteiger partial charge in [0.15, 0.2) is 0 Å². The number of carbonyl (C=O) groups is 3. The van der Waals surface area contributed by atoms with Crippen LogP contribution in [0.4, 0.5) is 14.4 Å². The van der Waals surface area contributed by atoms with Gasteiger partial charge >= 0.3 is 50.6 Å². The first-order chi connectivity index (χ1) is 5.20. The zero-order valence-corrected chi connectivity index (χ0v) is 9.49. The molecule has 0 aliphatic rings. The van der Waals surface area contributed by atoms with Crippen LogP contribution in [0.5, 0.6) is 0 Å². The molecule has 0 amide bonds. The van der Waals surface area contributed by atoms with E-state index < -0.39 is 18.5 Å². The van der Waals surface area contributed by atoms with E-state index in [0.29, 0.717) is 0 Å². The Hall–Kier alpha value is -0.658. The Morgan fingerprint density at radius 1 is 0.600 bits per heavy atom. The fourth-order valence-corrected chi connectivity index (χ4v) is 0. The normalized spacial score (nSPS) is 4.80. The van der Waals surface area contributed by atoms with Crippen molar-refractivity contribution in [1.82, 2.24) is 0 Å². The Kier molecular flexibility index (Phi) is 71.4. The summed E-state index contributed by atoms with van der Waals surface area (Å²) in [6, 6.07) is 0. The van der Waals surface area contributed by atoms with Crippen LogP contribution >= 0.6 is 0 Å². The zero-order valence-electron chi connectivity index (χ0n) is 6.22. The maximum absolute atomic E-state index is 8.33. The second-order valence-corrected chi connectivity index (χ2v) is 0.750. The summed E-state index contributed by atoms with van der Waals surface area (Å²) in [5.41, 5.74) is 0. The van der Waals surface area contributed by atoms with Gasteiger partial charge in [-0.3, -0.25) is 0 Å². The molecular formula is C3FeMnNiO9. The third-order valence-corrected chi connectivity index (χ3v) is 0. The SMILES string of the molecule is O=C([O-])[O-].O=C([O-])[O-].O=C([O-])[O-].[Fe+2].[Mn+2].[Ni+2]. The van der Waals surface area contributed by atoms with E-state index in [-0.39, 0.29) is 50.6 Å². The Balaban J connectivity index is -0.0000000184. The van der Waals surface area contributed by atoms with Crippen molar-refractivity contribution in [2.45, 2.75) is 0 Å². The molecule has 9 nitrogen and oxygen atoms in total. The zero-order chi connectivity index (χ0) is 10.7. The largest absolute Gasteiger partial charge is 2.00 e. The van der Waals surface area contributed by atoms with Crippen LogP contribution in [0.15, 0.2) is 0 Å². The molecule has 12 heteroatoms. The van der Waals surface area contributed by atoms with E-state index in [0.717, 1.165) is 0 Å². The molecule has 0 heterocycles. The summed E-state index contributed by atoms with van der Waals surface area (Å²) in [6.45, 7) is 0. The van der Waals surface area contributed by atoms with Gasteiger partial charge in [-0.25, -0.2) is 0 Å². The molecule has 0 saturated heterocycles. The molecule has 0 aliphatic heterocycles. The van der Waals surface area contributed by atoms with Crippen LogP contribution in [0.3, 0.4) is 0 Å². The van der Waals surface area contributed by atoms with Gasteiger partial charge in [0.05, 0.1) is 0 Å². The van der Waals surface area contributed by atoms with Gasteiger partial charge in [-0.1, -0.05) is 0 Å². The van der Waals surface area contributed by atoms with Crippen LogP contribution in [-0.4, -0.2) is 18.5 Å². The molecule has 1 radical (unpaired) electrons. The van der Waals surface area contributed by atoms with Crippen molar-refractivity contribution in [1.29, 1.82) is 0 Å². The molecule has 0 rings (SSSR count). The second-order valence-electron chi connectivity index (χ2n) is 0.750. The molecule has 0 spiro atoms. The fraction of sp³-hybridized carbons (Fsp3) is 0. The number of carboxylic acid groups (broad SMARTS) is 6. The summed E-state index contributed by atoms with van der Waals surface area (Å²) in [6.07, 6.45) is -7.00. The molecule has 0 bridgehead atoms. The quantitative estimate of drug-likeness (QED) is 0.382. The Morgan fingerprint density at radius 3 is 0.600 bits per heavy atom. The Bertz CT molecular complexity index is 123. The minimum atomic E-state index is -2.33. The number of hydrogen-bond acceptors (Lipinski definition) is 9. The van der Waals surface area contributed by atoms with Gasteiger partial charge < -0.3 is 45.0 Å². The molecule has 0 aromatic rings. The van der Waals surface area contributed by atoms with Gasteiger partial charge in [0.25, 0.3) is 0 Å². The van der Waals surface area contributed by atoms with Crippen LogP contribution in [0.2, 0.25) is 0 Å². The van der Waals surface area contributed by atoms with E-state index in [1.165, 1.54) is 0 Å². The van der Waals surface area contributed by atoms with Crippen LogP contribution < -0.4 is 30.6 Å². The van der Waals surface area contributed by atoms with Gasteiger partial charge in [-0.15, -0.1) is 0 Å². The van der Waals surface area contributed by atoms with E-state index in [1.807, 2.05) is 0 Å². The molecule has 0 N–H and O–H groups in total. The summed E-state index contributed by atoms with van der Waals surface area (Å²) >= 11 is 0. The molecule has 15 heavy (non-hydrogen) atoms. The van der Waals surface area contributed by atoms with Crippen molar-refractivity contribution in [2.75, 3.05) is 0 Å². The summed E-state index contributed by atoms with van der Waals surface area (Å²) in [4.78, 5) is 25.0. The third-order valence-electron chi connectivity index (χ3n) is 0. The van der Waals surface area contributed by atoms with Crippen LogP contribution in [0, 0.1) is 0 Å². The Morgan fingerprint density at radius 2 is 0.600 bits per heavy atom. The average molecular weight is 349 g/mol. The molecule has 0 aromatic carbocycles. The van der Waals surface area contributed by atoms with E-state index >= 15 is 0 Å². The number of carbonyl (C=O) groups excluding carboxylic acids is 3. The first kappa shape index (κ1) is 36.7. The van der Waals surface area contributed by atoms with Gasteiger partial charge in [0, 0.05) is 0 Å². The molecular weight excluding hydrogens is 349 g/mol. The first-order valence-corrected chi connectivity index (χ1v) is 1.84. The van der Waals surface area contributed by atoms with E-state index in [1.54, 1.807) is 0 Å². The molecule has 0 aromatic heterocycles. The summed E-state index contributed by atoms with van der Waals surface area (Å²) < 4.78 is 0. The smallest absolute Gasteiger partial charge is 0.652 e. The van der Waals surface area contributed by atoms with Crippen molar-refractivity contribution in [3.05, 3.63) is 0 Å². The van der Waals surface area contributed by atoms with Crippen molar-refractivity contribution in [3.8, 4) is 0 Å². The minimum Gasteiger partial charge on any atom is -0.652 e. The summed E-state index contributed by atoms with van der Waals surface area (Å²) in [5, 5.41) is 50.0. The average Bonchev–Trinajstić information content (AvgIpc) is 1.54. The maximum atomic E-state index is 8.33. The fourth-order valence-electron chi connectivity index (χ4n) is 0. The predicted molar refractivity (Wildman–Crippen MR) is 16.2 cm³/mol. The summed E-state index contributed by atoms with van der Waals surface area (Å²) in [7, 11) is 0.